The first-order chi connectivity index (χ1) is 20.7. The van der Waals surface area contributed by atoms with E-state index in [9.17, 15) is 5.53 Å². The minimum absolute atomic E-state index is 1.00. The lowest BCUT2D eigenvalue weighted by Gasteiger charge is -2.13. The third-order valence-electron chi connectivity index (χ3n) is 8.70. The molecule has 1 aliphatic heterocycles. The van der Waals surface area contributed by atoms with Crippen LogP contribution < -0.4 is 0 Å². The average molecular weight is 567 g/mol. The molecule has 2 aromatic carbocycles. The lowest BCUT2D eigenvalue weighted by atomic mass is 9.90. The molecule has 0 aliphatic carbocycles. The smallest absolute Gasteiger partial charge is 0.211 e. The zero-order valence-electron chi connectivity index (χ0n) is 27.4. The summed E-state index contributed by atoms with van der Waals surface area (Å²) < 4.78 is 1.56. The van der Waals surface area contributed by atoms with Crippen LogP contribution >= 0.6 is 0 Å². The molecule has 0 atom stereocenters. The predicted octanol–water partition coefficient (Wildman–Crippen LogP) is 12.8. The first kappa shape index (κ1) is 33.8. The quantitative estimate of drug-likeness (QED) is 0.0815. The summed E-state index contributed by atoms with van der Waals surface area (Å²) in [6.07, 6.45) is 26.1. The van der Waals surface area contributed by atoms with Gasteiger partial charge in [0.25, 0.3) is 0 Å². The summed E-state index contributed by atoms with van der Waals surface area (Å²) in [4.78, 5) is 0. The Balaban J connectivity index is 1.84. The summed E-state index contributed by atoms with van der Waals surface area (Å²) in [7, 11) is 0. The summed E-state index contributed by atoms with van der Waals surface area (Å²) in [6.45, 7) is 9.06. The van der Waals surface area contributed by atoms with Gasteiger partial charge in [-0.3, -0.25) is 0 Å². The van der Waals surface area contributed by atoms with E-state index in [-0.39, 0.29) is 0 Å². The van der Waals surface area contributed by atoms with Gasteiger partial charge in [-0.15, -0.1) is 0 Å². The highest BCUT2D eigenvalue weighted by atomic mass is 15.2. The molecule has 2 nitrogen and oxygen atoms in total. The van der Waals surface area contributed by atoms with E-state index in [1.54, 1.807) is 4.70 Å². The number of unbranched alkanes of at least 4 members (excludes halogenated alkanes) is 9. The minimum atomic E-state index is 1.00. The van der Waals surface area contributed by atoms with Crippen molar-refractivity contribution in [1.29, 1.82) is 0 Å². The molecular weight excluding hydrogens is 508 g/mol. The Labute approximate surface area is 258 Å². The molecule has 0 aromatic heterocycles. The van der Waals surface area contributed by atoms with Crippen molar-refractivity contribution in [2.24, 2.45) is 0 Å². The van der Waals surface area contributed by atoms with Crippen molar-refractivity contribution in [3.05, 3.63) is 99.6 Å². The van der Waals surface area contributed by atoms with Gasteiger partial charge < -0.3 is 5.53 Å². The number of aryl methyl sites for hydroxylation is 2. The van der Waals surface area contributed by atoms with E-state index in [1.165, 1.54) is 79.2 Å². The second-order valence-corrected chi connectivity index (χ2v) is 12.2. The number of hydrogen-bond donors (Lipinski definition) is 0. The highest BCUT2D eigenvalue weighted by Crippen LogP contribution is 2.45. The highest BCUT2D eigenvalue weighted by Gasteiger charge is 2.35. The Morgan fingerprint density at radius 3 is 1.79 bits per heavy atom. The molecule has 2 heteroatoms. The topological polar surface area (TPSA) is 25.3 Å². The Kier molecular flexibility index (Phi) is 15.6. The van der Waals surface area contributed by atoms with E-state index in [0.29, 0.717) is 0 Å². The molecule has 42 heavy (non-hydrogen) atoms. The van der Waals surface area contributed by atoms with E-state index < -0.39 is 0 Å². The van der Waals surface area contributed by atoms with Gasteiger partial charge in [-0.25, -0.2) is 4.70 Å². The second kappa shape index (κ2) is 19.4. The van der Waals surface area contributed by atoms with Crippen molar-refractivity contribution in [3.8, 4) is 0 Å². The molecule has 0 fully saturated rings. The normalized spacial score (nSPS) is 13.8. The molecule has 1 heterocycles. The van der Waals surface area contributed by atoms with Crippen LogP contribution in [0.15, 0.2) is 71.8 Å². The molecule has 2 aromatic rings. The zero-order chi connectivity index (χ0) is 30.0. The van der Waals surface area contributed by atoms with Crippen LogP contribution in [0, 0.1) is 0 Å². The molecule has 0 radical (unpaired) electrons. The Hall–Kier alpha value is -2.74. The van der Waals surface area contributed by atoms with Crippen molar-refractivity contribution < 1.29 is 4.70 Å². The molecule has 0 N–H and O–H groups in total. The molecule has 0 bridgehead atoms. The van der Waals surface area contributed by atoms with Crippen LogP contribution in [0.4, 0.5) is 0 Å². The van der Waals surface area contributed by atoms with Crippen LogP contribution in [-0.2, 0) is 12.8 Å². The van der Waals surface area contributed by atoms with Gasteiger partial charge in [0.2, 0.25) is 11.4 Å². The van der Waals surface area contributed by atoms with Crippen molar-refractivity contribution >= 4 is 11.4 Å². The molecule has 0 spiro atoms. The van der Waals surface area contributed by atoms with E-state index in [2.05, 4.69) is 88.4 Å². The molecule has 0 amide bonds. The number of benzene rings is 2. The van der Waals surface area contributed by atoms with Gasteiger partial charge in [0.05, 0.1) is 0 Å². The maximum absolute atomic E-state index is 12.0. The first-order valence-corrected chi connectivity index (χ1v) is 17.4. The number of nitrogens with zero attached hydrogens (tertiary/aromatic N) is 2. The van der Waals surface area contributed by atoms with Gasteiger partial charge >= 0.3 is 0 Å². The van der Waals surface area contributed by atoms with Crippen molar-refractivity contribution in [3.63, 3.8) is 0 Å². The molecular formula is C40H58N2. The molecule has 0 saturated heterocycles. The van der Waals surface area contributed by atoms with E-state index in [4.69, 9.17) is 0 Å². The SMILES string of the molecule is CCCCCCCC=CCCCc1ccccc1C1=C(CCCC)C(CCCC)=C(c2ccc(CCCC)cc2)[N+]1=[N-]. The average Bonchev–Trinajstić information content (AvgIpc) is 3.29. The molecule has 3 rings (SSSR count). The van der Waals surface area contributed by atoms with Crippen LogP contribution in [-0.4, -0.2) is 4.70 Å². The fourth-order valence-electron chi connectivity index (χ4n) is 6.16. The third kappa shape index (κ3) is 9.92. The summed E-state index contributed by atoms with van der Waals surface area (Å²) >= 11 is 0. The fourth-order valence-corrected chi connectivity index (χ4v) is 6.16. The summed E-state index contributed by atoms with van der Waals surface area (Å²) in [5, 5.41) is 0. The van der Waals surface area contributed by atoms with Gasteiger partial charge in [0, 0.05) is 22.3 Å². The molecule has 0 unspecified atom stereocenters. The maximum atomic E-state index is 12.0. The van der Waals surface area contributed by atoms with E-state index in [0.717, 1.165) is 81.2 Å². The summed E-state index contributed by atoms with van der Waals surface area (Å²) in [6, 6.07) is 17.8. The number of allylic oxidation sites excluding steroid dienone is 4. The van der Waals surface area contributed by atoms with Crippen LogP contribution in [0.5, 0.6) is 0 Å². The summed E-state index contributed by atoms with van der Waals surface area (Å²) in [5.41, 5.74) is 21.8. The van der Waals surface area contributed by atoms with E-state index in [1.807, 2.05) is 0 Å². The fraction of sp³-hybridized carbons (Fsp3) is 0.550. The molecule has 1 aliphatic rings. The Morgan fingerprint density at radius 1 is 0.548 bits per heavy atom. The second-order valence-electron chi connectivity index (χ2n) is 12.2. The number of hydrogen-bond acceptors (Lipinski definition) is 0. The largest absolute Gasteiger partial charge is 0.493 e. The maximum Gasteiger partial charge on any atom is 0.211 e. The van der Waals surface area contributed by atoms with Crippen LogP contribution in [0.3, 0.4) is 0 Å². The van der Waals surface area contributed by atoms with Crippen LogP contribution in [0.2, 0.25) is 0 Å². The standard InChI is InChI=1S/C40H58N2/c1-5-9-13-14-15-16-17-18-19-20-24-34-25-21-22-28-36(34)40-38(27-12-8-4)37(26-11-7-3)39(42(40)41)35-31-29-33(30-32-35)23-10-6-2/h17-18,21-22,25,28-32H,5-16,19-20,23-24,26-27H2,1-4H3. The number of rotatable bonds is 21. The van der Waals surface area contributed by atoms with Gasteiger partial charge in [0.1, 0.15) is 0 Å². The first-order valence-electron chi connectivity index (χ1n) is 17.4. The zero-order valence-corrected chi connectivity index (χ0v) is 27.4. The lowest BCUT2D eigenvalue weighted by molar-refractivity contribution is -0.345. The van der Waals surface area contributed by atoms with Gasteiger partial charge in [-0.05, 0) is 100.0 Å². The van der Waals surface area contributed by atoms with E-state index >= 15 is 0 Å². The van der Waals surface area contributed by atoms with Crippen molar-refractivity contribution in [2.45, 2.75) is 143 Å². The predicted molar refractivity (Wildman–Crippen MR) is 183 cm³/mol. The van der Waals surface area contributed by atoms with Crippen LogP contribution in [0.25, 0.3) is 16.9 Å². The highest BCUT2D eigenvalue weighted by molar-refractivity contribution is 5.82. The van der Waals surface area contributed by atoms with Crippen LogP contribution in [0.1, 0.15) is 153 Å². The van der Waals surface area contributed by atoms with Gasteiger partial charge in [-0.2, -0.15) is 0 Å². The minimum Gasteiger partial charge on any atom is -0.493 e. The monoisotopic (exact) mass is 566 g/mol. The Morgan fingerprint density at radius 2 is 1.12 bits per heavy atom. The summed E-state index contributed by atoms with van der Waals surface area (Å²) in [5.74, 6) is 0. The van der Waals surface area contributed by atoms with Crippen molar-refractivity contribution in [1.82, 2.24) is 0 Å². The Bertz CT molecular complexity index is 1180. The van der Waals surface area contributed by atoms with Gasteiger partial charge in [-0.1, -0.05) is 115 Å². The van der Waals surface area contributed by atoms with Gasteiger partial charge in [0.15, 0.2) is 0 Å². The third-order valence-corrected chi connectivity index (χ3v) is 8.70. The lowest BCUT2D eigenvalue weighted by Crippen LogP contribution is -2.05. The van der Waals surface area contributed by atoms with Crippen molar-refractivity contribution in [2.75, 3.05) is 0 Å². The molecule has 228 valence electrons. The molecule has 0 saturated carbocycles.